The zero-order valence-electron chi connectivity index (χ0n) is 9.37. The van der Waals surface area contributed by atoms with Gasteiger partial charge in [0.25, 0.3) is 0 Å². The summed E-state index contributed by atoms with van der Waals surface area (Å²) >= 11 is 0. The molecule has 5 heteroatoms. The topological polar surface area (TPSA) is 57.0 Å². The zero-order valence-corrected chi connectivity index (χ0v) is 9.37. The van der Waals surface area contributed by atoms with E-state index >= 15 is 0 Å². The second-order valence-corrected chi connectivity index (χ2v) is 4.21. The molecule has 0 saturated carbocycles. The van der Waals surface area contributed by atoms with Crippen molar-refractivity contribution in [3.63, 3.8) is 0 Å². The molecule has 0 amide bonds. The van der Waals surface area contributed by atoms with Gasteiger partial charge >= 0.3 is 0 Å². The lowest BCUT2D eigenvalue weighted by Crippen LogP contribution is -2.19. The van der Waals surface area contributed by atoms with Gasteiger partial charge in [-0.05, 0) is 25.0 Å². The first-order valence-corrected chi connectivity index (χ1v) is 5.75. The van der Waals surface area contributed by atoms with E-state index in [-0.39, 0.29) is 0 Å². The van der Waals surface area contributed by atoms with Crippen molar-refractivity contribution in [3.05, 3.63) is 24.0 Å². The first-order valence-electron chi connectivity index (χ1n) is 5.75. The minimum atomic E-state index is 0.387. The van der Waals surface area contributed by atoms with Gasteiger partial charge in [-0.1, -0.05) is 0 Å². The predicted octanol–water partition coefficient (Wildman–Crippen LogP) is 1.60. The number of aromatic nitrogens is 3. The first kappa shape index (κ1) is 10.4. The number of ether oxygens (including phenoxy) is 1. The maximum atomic E-state index is 10.7. The summed E-state index contributed by atoms with van der Waals surface area (Å²) in [5.41, 5.74) is 2.06. The average molecular weight is 231 g/mol. The molecule has 0 N–H and O–H groups in total. The molecular formula is C12H13N3O2. The predicted molar refractivity (Wildman–Crippen MR) is 62.0 cm³/mol. The van der Waals surface area contributed by atoms with Crippen LogP contribution in [0.4, 0.5) is 0 Å². The van der Waals surface area contributed by atoms with Crippen LogP contribution in [-0.2, 0) is 4.74 Å². The van der Waals surface area contributed by atoms with Crippen LogP contribution in [-0.4, -0.2) is 34.3 Å². The normalized spacial score (nSPS) is 17.4. The van der Waals surface area contributed by atoms with Gasteiger partial charge in [0.05, 0.1) is 12.2 Å². The highest BCUT2D eigenvalue weighted by molar-refractivity contribution is 5.80. The van der Waals surface area contributed by atoms with E-state index in [4.69, 9.17) is 4.74 Å². The molecule has 0 atom stereocenters. The quantitative estimate of drug-likeness (QED) is 0.736. The number of pyridine rings is 1. The van der Waals surface area contributed by atoms with Crippen molar-refractivity contribution >= 4 is 17.3 Å². The maximum Gasteiger partial charge on any atom is 0.168 e. The number of fused-ring (bicyclic) bond motifs is 1. The van der Waals surface area contributed by atoms with Gasteiger partial charge in [0.1, 0.15) is 16.7 Å². The van der Waals surface area contributed by atoms with Crippen LogP contribution in [0.5, 0.6) is 0 Å². The van der Waals surface area contributed by atoms with Gasteiger partial charge in [0.15, 0.2) is 6.29 Å². The van der Waals surface area contributed by atoms with E-state index in [1.54, 1.807) is 6.07 Å². The Morgan fingerprint density at radius 1 is 1.29 bits per heavy atom. The second kappa shape index (κ2) is 4.25. The minimum absolute atomic E-state index is 0.387. The highest BCUT2D eigenvalue weighted by Gasteiger charge is 2.17. The third-order valence-corrected chi connectivity index (χ3v) is 3.09. The van der Waals surface area contributed by atoms with Crippen LogP contribution >= 0.6 is 0 Å². The van der Waals surface area contributed by atoms with Gasteiger partial charge in [0, 0.05) is 13.2 Å². The molecule has 0 bridgehead atoms. The summed E-state index contributed by atoms with van der Waals surface area (Å²) in [5.74, 6) is 0. The minimum Gasteiger partial charge on any atom is -0.381 e. The summed E-state index contributed by atoms with van der Waals surface area (Å²) in [6.45, 7) is 1.57. The number of hydrogen-bond acceptors (Lipinski definition) is 4. The molecule has 3 rings (SSSR count). The molecule has 0 spiro atoms. The molecule has 0 aliphatic carbocycles. The van der Waals surface area contributed by atoms with E-state index in [0.29, 0.717) is 11.7 Å². The maximum absolute atomic E-state index is 10.7. The van der Waals surface area contributed by atoms with Gasteiger partial charge in [-0.15, -0.1) is 0 Å². The molecular weight excluding hydrogens is 218 g/mol. The Bertz CT molecular complexity index is 544. The van der Waals surface area contributed by atoms with Crippen LogP contribution in [0, 0.1) is 0 Å². The van der Waals surface area contributed by atoms with Gasteiger partial charge in [-0.2, -0.15) is 5.10 Å². The number of hydrogen-bond donors (Lipinski definition) is 0. The Hall–Kier alpha value is -1.75. The van der Waals surface area contributed by atoms with E-state index in [0.717, 1.165) is 43.4 Å². The van der Waals surface area contributed by atoms with Crippen LogP contribution in [0.1, 0.15) is 29.4 Å². The van der Waals surface area contributed by atoms with Crippen molar-refractivity contribution in [2.24, 2.45) is 0 Å². The fraction of sp³-hybridized carbons (Fsp3) is 0.417. The lowest BCUT2D eigenvalue weighted by atomic mass is 10.1. The van der Waals surface area contributed by atoms with E-state index < -0.39 is 0 Å². The van der Waals surface area contributed by atoms with Crippen molar-refractivity contribution in [1.82, 2.24) is 14.8 Å². The van der Waals surface area contributed by atoms with Gasteiger partial charge < -0.3 is 4.74 Å². The van der Waals surface area contributed by atoms with Crippen molar-refractivity contribution in [2.75, 3.05) is 13.2 Å². The van der Waals surface area contributed by atoms with E-state index in [1.165, 1.54) is 0 Å². The third-order valence-electron chi connectivity index (χ3n) is 3.09. The van der Waals surface area contributed by atoms with Crippen molar-refractivity contribution in [2.45, 2.75) is 18.9 Å². The van der Waals surface area contributed by atoms with Crippen LogP contribution in [0.25, 0.3) is 11.0 Å². The van der Waals surface area contributed by atoms with Crippen LogP contribution in [0.3, 0.4) is 0 Å². The van der Waals surface area contributed by atoms with Crippen molar-refractivity contribution in [3.8, 4) is 0 Å². The number of carbonyl (C=O) groups excluding carboxylic acids is 1. The molecule has 0 aromatic carbocycles. The highest BCUT2D eigenvalue weighted by Crippen LogP contribution is 2.22. The summed E-state index contributed by atoms with van der Waals surface area (Å²) in [6.07, 6.45) is 4.63. The van der Waals surface area contributed by atoms with Crippen LogP contribution in [0.15, 0.2) is 18.3 Å². The summed E-state index contributed by atoms with van der Waals surface area (Å²) in [4.78, 5) is 14.9. The summed E-state index contributed by atoms with van der Waals surface area (Å²) < 4.78 is 7.28. The van der Waals surface area contributed by atoms with E-state index in [2.05, 4.69) is 10.1 Å². The number of aldehydes is 1. The molecule has 17 heavy (non-hydrogen) atoms. The molecule has 0 unspecified atom stereocenters. The second-order valence-electron chi connectivity index (χ2n) is 4.21. The molecule has 0 radical (unpaired) electrons. The molecule has 1 fully saturated rings. The Kier molecular flexibility index (Phi) is 2.60. The lowest BCUT2D eigenvalue weighted by molar-refractivity contribution is 0.0664. The fourth-order valence-corrected chi connectivity index (χ4v) is 2.14. The number of nitrogens with zero attached hydrogens (tertiary/aromatic N) is 3. The van der Waals surface area contributed by atoms with Crippen molar-refractivity contribution < 1.29 is 9.53 Å². The largest absolute Gasteiger partial charge is 0.381 e. The smallest absolute Gasteiger partial charge is 0.168 e. The molecule has 5 nitrogen and oxygen atoms in total. The molecule has 88 valence electrons. The SMILES string of the molecule is O=Cc1ccc2nn(C3CCOCC3)cc2n1. The Balaban J connectivity index is 1.97. The van der Waals surface area contributed by atoms with E-state index in [1.807, 2.05) is 16.9 Å². The van der Waals surface area contributed by atoms with Crippen molar-refractivity contribution in [1.29, 1.82) is 0 Å². The van der Waals surface area contributed by atoms with Gasteiger partial charge in [0.2, 0.25) is 0 Å². The zero-order chi connectivity index (χ0) is 11.7. The number of rotatable bonds is 2. The summed E-state index contributed by atoms with van der Waals surface area (Å²) in [5, 5.41) is 4.49. The Morgan fingerprint density at radius 3 is 2.88 bits per heavy atom. The van der Waals surface area contributed by atoms with Crippen LogP contribution < -0.4 is 0 Å². The molecule has 2 aromatic rings. The van der Waals surface area contributed by atoms with E-state index in [9.17, 15) is 4.79 Å². The average Bonchev–Trinajstić information content (AvgIpc) is 2.82. The lowest BCUT2D eigenvalue weighted by Gasteiger charge is -2.21. The molecule has 1 saturated heterocycles. The Morgan fingerprint density at radius 2 is 2.12 bits per heavy atom. The number of carbonyl (C=O) groups is 1. The standard InChI is InChI=1S/C12H13N3O2/c16-8-9-1-2-11-12(13-9)7-15(14-11)10-3-5-17-6-4-10/h1-2,7-8,10H,3-6H2. The monoisotopic (exact) mass is 231 g/mol. The molecule has 1 aliphatic heterocycles. The summed E-state index contributed by atoms with van der Waals surface area (Å²) in [6, 6.07) is 3.91. The molecule has 2 aromatic heterocycles. The van der Waals surface area contributed by atoms with Crippen LogP contribution in [0.2, 0.25) is 0 Å². The fourth-order valence-electron chi connectivity index (χ4n) is 2.14. The van der Waals surface area contributed by atoms with Gasteiger partial charge in [-0.3, -0.25) is 9.48 Å². The Labute approximate surface area is 98.4 Å². The highest BCUT2D eigenvalue weighted by atomic mass is 16.5. The molecule has 1 aliphatic rings. The van der Waals surface area contributed by atoms with Gasteiger partial charge in [-0.25, -0.2) is 4.98 Å². The molecule has 3 heterocycles. The summed E-state index contributed by atoms with van der Waals surface area (Å²) in [7, 11) is 0. The third kappa shape index (κ3) is 1.93. The first-order chi connectivity index (χ1) is 8.36.